The van der Waals surface area contributed by atoms with Crippen LogP contribution in [0.15, 0.2) is 40.1 Å². The molecule has 1 aromatic carbocycles. The Hall–Kier alpha value is -0.0900. The summed E-state index contributed by atoms with van der Waals surface area (Å²) in [4.78, 5) is 14.6. The van der Waals surface area contributed by atoms with E-state index >= 15 is 0 Å². The molecule has 1 fully saturated rings. The molecular formula is C15H20ClO3PS. The van der Waals surface area contributed by atoms with Crippen LogP contribution in [0.2, 0.25) is 5.02 Å². The average Bonchev–Trinajstić information content (AvgIpc) is 2.44. The molecule has 0 bridgehead atoms. The predicted octanol–water partition coefficient (Wildman–Crippen LogP) is 4.53. The SMILES string of the molecule is C/C=C(/C[P+]1([O-])OCC(C)(C)CO1)Sc1ccc(Cl)cc1. The molecule has 0 N–H and O–H groups in total. The van der Waals surface area contributed by atoms with E-state index in [9.17, 15) is 4.89 Å². The highest BCUT2D eigenvalue weighted by Gasteiger charge is 2.41. The summed E-state index contributed by atoms with van der Waals surface area (Å²) in [5.41, 5.74) is -0.0761. The third-order valence-electron chi connectivity index (χ3n) is 3.04. The topological polar surface area (TPSA) is 41.5 Å². The van der Waals surface area contributed by atoms with Crippen molar-refractivity contribution in [1.82, 2.24) is 0 Å². The van der Waals surface area contributed by atoms with E-state index < -0.39 is 7.94 Å². The molecule has 116 valence electrons. The number of halogens is 1. The van der Waals surface area contributed by atoms with E-state index in [4.69, 9.17) is 20.6 Å². The van der Waals surface area contributed by atoms with Gasteiger partial charge in [-0.15, -0.1) is 0 Å². The Balaban J connectivity index is 1.98. The second-order valence-electron chi connectivity index (χ2n) is 5.79. The first-order chi connectivity index (χ1) is 9.82. The lowest BCUT2D eigenvalue weighted by molar-refractivity contribution is -0.232. The summed E-state index contributed by atoms with van der Waals surface area (Å²) < 4.78 is 11.1. The molecule has 1 aromatic rings. The minimum atomic E-state index is -3.03. The van der Waals surface area contributed by atoms with Crippen LogP contribution in [0.1, 0.15) is 20.8 Å². The molecule has 1 aliphatic rings. The average molecular weight is 347 g/mol. The van der Waals surface area contributed by atoms with Crippen molar-refractivity contribution in [3.8, 4) is 0 Å². The zero-order valence-corrected chi connectivity index (χ0v) is 14.9. The summed E-state index contributed by atoms with van der Waals surface area (Å²) in [6.45, 7) is 6.93. The number of thioether (sulfide) groups is 1. The lowest BCUT2D eigenvalue weighted by Crippen LogP contribution is -2.36. The molecule has 1 heterocycles. The summed E-state index contributed by atoms with van der Waals surface area (Å²) in [7, 11) is -3.03. The number of hydrogen-bond donors (Lipinski definition) is 0. The summed E-state index contributed by atoms with van der Waals surface area (Å²) in [5, 5.41) is 0.704. The van der Waals surface area contributed by atoms with Gasteiger partial charge >= 0.3 is 0 Å². The second-order valence-corrected chi connectivity index (χ2v) is 9.48. The molecule has 0 spiro atoms. The first-order valence-electron chi connectivity index (χ1n) is 6.79. The fourth-order valence-electron chi connectivity index (χ4n) is 1.74. The Labute approximate surface area is 136 Å². The first-order valence-corrected chi connectivity index (χ1v) is 9.71. The molecule has 0 aliphatic carbocycles. The molecule has 21 heavy (non-hydrogen) atoms. The van der Waals surface area contributed by atoms with E-state index in [-0.39, 0.29) is 5.41 Å². The highest BCUT2D eigenvalue weighted by Crippen LogP contribution is 2.59. The zero-order valence-electron chi connectivity index (χ0n) is 12.5. The molecule has 0 radical (unpaired) electrons. The van der Waals surface area contributed by atoms with Gasteiger partial charge in [0.1, 0.15) is 19.4 Å². The molecule has 3 nitrogen and oxygen atoms in total. The standard InChI is InChI=1S/C15H20ClO3PS/c1-4-13(21-14-7-5-12(16)6-8-14)9-20(17)18-10-15(2,3)11-19-20/h4-8H,9-11H2,1-3H3/b13-4-. The van der Waals surface area contributed by atoms with Gasteiger partial charge in [-0.1, -0.05) is 43.3 Å². The Morgan fingerprint density at radius 1 is 1.33 bits per heavy atom. The van der Waals surface area contributed by atoms with Crippen LogP contribution in [0.5, 0.6) is 0 Å². The van der Waals surface area contributed by atoms with Gasteiger partial charge in [-0.05, 0) is 31.2 Å². The Morgan fingerprint density at radius 2 is 1.90 bits per heavy atom. The van der Waals surface area contributed by atoms with Crippen LogP contribution >= 0.6 is 31.3 Å². The van der Waals surface area contributed by atoms with Crippen LogP contribution in [0, 0.1) is 5.41 Å². The smallest absolute Gasteiger partial charge is 0.242 e. The Kier molecular flexibility index (Phi) is 5.75. The molecule has 2 rings (SSSR count). The zero-order chi connectivity index (χ0) is 15.5. The highest BCUT2D eigenvalue weighted by molar-refractivity contribution is 8.03. The van der Waals surface area contributed by atoms with Gasteiger partial charge in [-0.3, -0.25) is 0 Å². The summed E-state index contributed by atoms with van der Waals surface area (Å²) >= 11 is 7.44. The van der Waals surface area contributed by atoms with Crippen LogP contribution in [0.25, 0.3) is 0 Å². The van der Waals surface area contributed by atoms with E-state index in [1.54, 1.807) is 11.8 Å². The normalized spacial score (nSPS) is 21.3. The van der Waals surface area contributed by atoms with E-state index in [0.29, 0.717) is 24.4 Å². The molecule has 1 aliphatic heterocycles. The summed E-state index contributed by atoms with van der Waals surface area (Å²) in [6.07, 6.45) is 2.26. The molecule has 0 unspecified atom stereocenters. The van der Waals surface area contributed by atoms with Crippen LogP contribution in [0.4, 0.5) is 0 Å². The van der Waals surface area contributed by atoms with Gasteiger partial charge in [0.15, 0.2) is 0 Å². The van der Waals surface area contributed by atoms with Crippen LogP contribution in [0.3, 0.4) is 0 Å². The third-order valence-corrected chi connectivity index (χ3v) is 6.43. The van der Waals surface area contributed by atoms with Gasteiger partial charge in [0.2, 0.25) is 7.94 Å². The van der Waals surface area contributed by atoms with Crippen molar-refractivity contribution in [2.24, 2.45) is 5.41 Å². The largest absolute Gasteiger partial charge is 0.631 e. The predicted molar refractivity (Wildman–Crippen MR) is 88.5 cm³/mol. The molecule has 0 amide bonds. The fourth-order valence-corrected chi connectivity index (χ4v) is 5.21. The summed E-state index contributed by atoms with van der Waals surface area (Å²) in [5.74, 6) is 0. The number of allylic oxidation sites excluding steroid dienone is 2. The molecular weight excluding hydrogens is 327 g/mol. The fraction of sp³-hybridized carbons (Fsp3) is 0.467. The van der Waals surface area contributed by atoms with E-state index in [2.05, 4.69) is 0 Å². The molecule has 0 saturated carbocycles. The lowest BCUT2D eigenvalue weighted by Gasteiger charge is -2.38. The van der Waals surface area contributed by atoms with Crippen molar-refractivity contribution in [1.29, 1.82) is 0 Å². The minimum Gasteiger partial charge on any atom is -0.631 e. The molecule has 0 aromatic heterocycles. The number of hydrogen-bond acceptors (Lipinski definition) is 4. The van der Waals surface area contributed by atoms with Gasteiger partial charge in [0, 0.05) is 20.2 Å². The lowest BCUT2D eigenvalue weighted by atomic mass is 9.97. The molecule has 6 heteroatoms. The Morgan fingerprint density at radius 3 is 2.43 bits per heavy atom. The van der Waals surface area contributed by atoms with Crippen molar-refractivity contribution >= 4 is 31.3 Å². The quantitative estimate of drug-likeness (QED) is 0.593. The van der Waals surface area contributed by atoms with E-state index in [0.717, 1.165) is 9.80 Å². The maximum Gasteiger partial charge on any atom is 0.242 e. The Bertz CT molecular complexity index is 506. The van der Waals surface area contributed by atoms with E-state index in [1.165, 1.54) is 0 Å². The highest BCUT2D eigenvalue weighted by atomic mass is 35.5. The molecule has 0 atom stereocenters. The van der Waals surface area contributed by atoms with E-state index in [1.807, 2.05) is 51.1 Å². The minimum absolute atomic E-state index is 0.0761. The second kappa shape index (κ2) is 6.99. The van der Waals surface area contributed by atoms with Crippen molar-refractivity contribution < 1.29 is 13.9 Å². The van der Waals surface area contributed by atoms with Gasteiger partial charge < -0.3 is 4.89 Å². The third kappa shape index (κ3) is 5.24. The first kappa shape index (κ1) is 17.3. The van der Waals surface area contributed by atoms with Gasteiger partial charge in [-0.2, -0.15) is 0 Å². The van der Waals surface area contributed by atoms with Gasteiger partial charge in [-0.25, -0.2) is 9.05 Å². The van der Waals surface area contributed by atoms with Crippen LogP contribution in [-0.4, -0.2) is 19.4 Å². The van der Waals surface area contributed by atoms with Crippen LogP contribution < -0.4 is 4.89 Å². The van der Waals surface area contributed by atoms with Crippen molar-refractivity contribution in [2.45, 2.75) is 25.7 Å². The van der Waals surface area contributed by atoms with Crippen molar-refractivity contribution in [3.63, 3.8) is 0 Å². The number of rotatable bonds is 4. The number of benzene rings is 1. The van der Waals surface area contributed by atoms with Gasteiger partial charge in [0.05, 0.1) is 0 Å². The summed E-state index contributed by atoms with van der Waals surface area (Å²) in [6, 6.07) is 7.57. The van der Waals surface area contributed by atoms with Crippen molar-refractivity contribution in [3.05, 3.63) is 40.3 Å². The van der Waals surface area contributed by atoms with Crippen LogP contribution in [-0.2, 0) is 9.05 Å². The monoisotopic (exact) mass is 346 g/mol. The molecule has 1 saturated heterocycles. The van der Waals surface area contributed by atoms with Gasteiger partial charge in [0.25, 0.3) is 0 Å². The maximum atomic E-state index is 12.6. The van der Waals surface area contributed by atoms with Crippen molar-refractivity contribution in [2.75, 3.05) is 19.4 Å². The maximum absolute atomic E-state index is 12.6.